The van der Waals surface area contributed by atoms with E-state index in [-0.39, 0.29) is 6.03 Å². The first-order valence-corrected chi connectivity index (χ1v) is 13.7. The van der Waals surface area contributed by atoms with Crippen LogP contribution in [0.3, 0.4) is 0 Å². The summed E-state index contributed by atoms with van der Waals surface area (Å²) in [5.41, 5.74) is 4.24. The number of nitrogens with zero attached hydrogens (tertiary/aromatic N) is 1. The van der Waals surface area contributed by atoms with Crippen LogP contribution in [-0.2, 0) is 13.0 Å². The lowest BCUT2D eigenvalue weighted by atomic mass is 9.96. The number of methoxy groups -OCH3 is 2. The SMILES string of the molecule is COc1ccc(CCN(Cc2c3ccccc3cc3ccccc23)C(=O)Nc2ccc(C(C)C)cc2)cc1OC. The first kappa shape index (κ1) is 27.1. The van der Waals surface area contributed by atoms with Gasteiger partial charge in [-0.25, -0.2) is 4.79 Å². The van der Waals surface area contributed by atoms with Crippen molar-refractivity contribution in [3.05, 3.63) is 114 Å². The van der Waals surface area contributed by atoms with Crippen molar-refractivity contribution in [3.63, 3.8) is 0 Å². The minimum atomic E-state index is -0.130. The third-order valence-electron chi connectivity index (χ3n) is 7.47. The van der Waals surface area contributed by atoms with Crippen LogP contribution in [0.25, 0.3) is 21.5 Å². The zero-order valence-electron chi connectivity index (χ0n) is 23.6. The Balaban J connectivity index is 1.48. The summed E-state index contributed by atoms with van der Waals surface area (Å²) in [6.07, 6.45) is 0.669. The molecule has 1 N–H and O–H groups in total. The van der Waals surface area contributed by atoms with Gasteiger partial charge in [0.2, 0.25) is 0 Å². The Bertz CT molecular complexity index is 1570. The summed E-state index contributed by atoms with van der Waals surface area (Å²) in [6, 6.07) is 32.9. The molecule has 204 valence electrons. The second-order valence-electron chi connectivity index (χ2n) is 10.4. The van der Waals surface area contributed by atoms with Crippen LogP contribution in [0, 0.1) is 0 Å². The number of urea groups is 1. The average Bonchev–Trinajstić information content (AvgIpc) is 2.98. The number of amides is 2. The minimum absolute atomic E-state index is 0.130. The van der Waals surface area contributed by atoms with Gasteiger partial charge in [-0.2, -0.15) is 0 Å². The standard InChI is InChI=1S/C35H36N2O3/c1-24(2)26-14-16-29(17-15-26)36-35(38)37(20-19-25-13-18-33(39-3)34(21-25)40-4)23-32-30-11-7-5-9-27(30)22-28-10-6-8-12-31(28)32/h5-18,21-22,24H,19-20,23H2,1-4H3,(H,36,38). The van der Waals surface area contributed by atoms with Gasteiger partial charge in [0.15, 0.2) is 11.5 Å². The lowest BCUT2D eigenvalue weighted by Gasteiger charge is -2.25. The average molecular weight is 533 g/mol. The maximum atomic E-state index is 13.8. The molecule has 0 atom stereocenters. The van der Waals surface area contributed by atoms with E-state index in [0.717, 1.165) is 27.6 Å². The third-order valence-corrected chi connectivity index (χ3v) is 7.47. The molecule has 0 aliphatic rings. The number of fused-ring (bicyclic) bond motifs is 2. The Morgan fingerprint density at radius 1 is 0.775 bits per heavy atom. The van der Waals surface area contributed by atoms with Gasteiger partial charge in [0.05, 0.1) is 14.2 Å². The number of benzene rings is 5. The van der Waals surface area contributed by atoms with Gasteiger partial charge in [-0.15, -0.1) is 0 Å². The molecule has 5 rings (SSSR count). The van der Waals surface area contributed by atoms with Crippen molar-refractivity contribution in [2.24, 2.45) is 0 Å². The Labute approximate surface area is 236 Å². The van der Waals surface area contributed by atoms with Crippen LogP contribution in [0.15, 0.2) is 97.1 Å². The van der Waals surface area contributed by atoms with Crippen molar-refractivity contribution in [1.82, 2.24) is 4.90 Å². The van der Waals surface area contributed by atoms with Crippen molar-refractivity contribution >= 4 is 33.3 Å². The molecule has 0 fully saturated rings. The van der Waals surface area contributed by atoms with Crippen LogP contribution in [0.2, 0.25) is 0 Å². The summed E-state index contributed by atoms with van der Waals surface area (Å²) >= 11 is 0. The highest BCUT2D eigenvalue weighted by Crippen LogP contribution is 2.31. The topological polar surface area (TPSA) is 50.8 Å². The number of rotatable bonds is 9. The molecule has 5 aromatic carbocycles. The molecule has 0 aliphatic heterocycles. The smallest absolute Gasteiger partial charge is 0.322 e. The molecule has 0 saturated carbocycles. The molecule has 40 heavy (non-hydrogen) atoms. The van der Waals surface area contributed by atoms with Gasteiger partial charge in [-0.3, -0.25) is 0 Å². The second-order valence-corrected chi connectivity index (χ2v) is 10.4. The molecule has 2 amide bonds. The highest BCUT2D eigenvalue weighted by Gasteiger charge is 2.18. The zero-order chi connectivity index (χ0) is 28.1. The molecule has 0 saturated heterocycles. The lowest BCUT2D eigenvalue weighted by Crippen LogP contribution is -2.36. The molecule has 0 bridgehead atoms. The Morgan fingerprint density at radius 3 is 2.00 bits per heavy atom. The summed E-state index contributed by atoms with van der Waals surface area (Å²) in [4.78, 5) is 15.7. The van der Waals surface area contributed by atoms with Crippen LogP contribution in [0.4, 0.5) is 10.5 Å². The number of ether oxygens (including phenoxy) is 2. The molecule has 5 heteroatoms. The molecule has 5 nitrogen and oxygen atoms in total. The van der Waals surface area contributed by atoms with Gasteiger partial charge >= 0.3 is 6.03 Å². The number of carbonyl (C=O) groups excluding carboxylic acids is 1. The van der Waals surface area contributed by atoms with Crippen molar-refractivity contribution in [1.29, 1.82) is 0 Å². The Morgan fingerprint density at radius 2 is 1.40 bits per heavy atom. The van der Waals surface area contributed by atoms with Crippen molar-refractivity contribution in [2.45, 2.75) is 32.7 Å². The zero-order valence-corrected chi connectivity index (χ0v) is 23.6. The quantitative estimate of drug-likeness (QED) is 0.194. The number of hydrogen-bond donors (Lipinski definition) is 1. The summed E-state index contributed by atoms with van der Waals surface area (Å²) in [5, 5.41) is 7.80. The molecule has 0 radical (unpaired) electrons. The van der Waals surface area contributed by atoms with Crippen LogP contribution >= 0.6 is 0 Å². The maximum Gasteiger partial charge on any atom is 0.322 e. The monoisotopic (exact) mass is 532 g/mol. The number of carbonyl (C=O) groups is 1. The second kappa shape index (κ2) is 12.1. The molecule has 0 unspecified atom stereocenters. The van der Waals surface area contributed by atoms with Gasteiger partial charge in [-0.1, -0.05) is 80.6 Å². The third kappa shape index (κ3) is 5.89. The predicted molar refractivity (Wildman–Crippen MR) is 165 cm³/mol. The molecular formula is C35H36N2O3. The van der Waals surface area contributed by atoms with E-state index in [0.29, 0.717) is 36.9 Å². The van der Waals surface area contributed by atoms with Crippen molar-refractivity contribution in [3.8, 4) is 11.5 Å². The summed E-state index contributed by atoms with van der Waals surface area (Å²) < 4.78 is 10.9. The number of nitrogens with one attached hydrogen (secondary N) is 1. The largest absolute Gasteiger partial charge is 0.493 e. The van der Waals surface area contributed by atoms with E-state index >= 15 is 0 Å². The van der Waals surface area contributed by atoms with Gasteiger partial charge < -0.3 is 19.7 Å². The van der Waals surface area contributed by atoms with E-state index in [1.807, 2.05) is 35.2 Å². The van der Waals surface area contributed by atoms with Gasteiger partial charge in [0.1, 0.15) is 0 Å². The molecular weight excluding hydrogens is 496 g/mol. The first-order valence-electron chi connectivity index (χ1n) is 13.7. The van der Waals surface area contributed by atoms with E-state index in [4.69, 9.17) is 9.47 Å². The van der Waals surface area contributed by atoms with E-state index in [9.17, 15) is 4.79 Å². The highest BCUT2D eigenvalue weighted by atomic mass is 16.5. The summed E-state index contributed by atoms with van der Waals surface area (Å²) in [6.45, 7) is 5.34. The molecule has 0 aliphatic carbocycles. The summed E-state index contributed by atoms with van der Waals surface area (Å²) in [5.74, 6) is 1.80. The van der Waals surface area contributed by atoms with Crippen LogP contribution in [0.5, 0.6) is 11.5 Å². The van der Waals surface area contributed by atoms with Crippen LogP contribution in [0.1, 0.15) is 36.5 Å². The first-order chi connectivity index (χ1) is 19.5. The van der Waals surface area contributed by atoms with E-state index in [1.54, 1.807) is 14.2 Å². The maximum absolute atomic E-state index is 13.8. The number of hydrogen-bond acceptors (Lipinski definition) is 3. The van der Waals surface area contributed by atoms with Crippen LogP contribution < -0.4 is 14.8 Å². The number of anilines is 1. The van der Waals surface area contributed by atoms with Gasteiger partial charge in [-0.05, 0) is 80.9 Å². The predicted octanol–water partition coefficient (Wildman–Crippen LogP) is 8.41. The van der Waals surface area contributed by atoms with E-state index in [2.05, 4.69) is 85.9 Å². The lowest BCUT2D eigenvalue weighted by molar-refractivity contribution is 0.210. The molecule has 5 aromatic rings. The molecule has 0 aromatic heterocycles. The van der Waals surface area contributed by atoms with Gasteiger partial charge in [0.25, 0.3) is 0 Å². The van der Waals surface area contributed by atoms with Gasteiger partial charge in [0, 0.05) is 18.8 Å². The Kier molecular flexibility index (Phi) is 8.20. The molecule has 0 spiro atoms. The van der Waals surface area contributed by atoms with Crippen molar-refractivity contribution < 1.29 is 14.3 Å². The van der Waals surface area contributed by atoms with E-state index < -0.39 is 0 Å². The highest BCUT2D eigenvalue weighted by molar-refractivity contribution is 6.02. The fourth-order valence-corrected chi connectivity index (χ4v) is 5.18. The van der Waals surface area contributed by atoms with E-state index in [1.165, 1.54) is 16.3 Å². The Hall–Kier alpha value is -4.51. The summed E-state index contributed by atoms with van der Waals surface area (Å²) in [7, 11) is 3.27. The minimum Gasteiger partial charge on any atom is -0.493 e. The normalized spacial score (nSPS) is 11.1. The fourth-order valence-electron chi connectivity index (χ4n) is 5.18. The molecule has 0 heterocycles. The fraction of sp³-hybridized carbons (Fsp3) is 0.229. The van der Waals surface area contributed by atoms with Crippen molar-refractivity contribution in [2.75, 3.05) is 26.1 Å². The van der Waals surface area contributed by atoms with Crippen LogP contribution in [-0.4, -0.2) is 31.7 Å².